The summed E-state index contributed by atoms with van der Waals surface area (Å²) < 4.78 is 12.0. The largest absolute Gasteiger partial charge is 0.493 e. The number of methoxy groups -OCH3 is 1. The van der Waals surface area contributed by atoms with Crippen LogP contribution >= 0.6 is 27.5 Å². The number of rotatable bonds is 9. The first kappa shape index (κ1) is 22.6. The highest BCUT2D eigenvalue weighted by Crippen LogP contribution is 2.37. The minimum Gasteiger partial charge on any atom is -0.493 e. The number of hydrogen-bond acceptors (Lipinski definition) is 6. The lowest BCUT2D eigenvalue weighted by molar-refractivity contribution is -0.384. The van der Waals surface area contributed by atoms with Gasteiger partial charge in [0.1, 0.15) is 13.2 Å². The van der Waals surface area contributed by atoms with E-state index in [0.29, 0.717) is 32.1 Å². The summed E-state index contributed by atoms with van der Waals surface area (Å²) in [6.45, 7) is 0.393. The second kappa shape index (κ2) is 10.8. The third-order valence-electron chi connectivity index (χ3n) is 4.21. The van der Waals surface area contributed by atoms with Gasteiger partial charge in [-0.2, -0.15) is 0 Å². The van der Waals surface area contributed by atoms with Crippen molar-refractivity contribution in [1.82, 2.24) is 0 Å². The Morgan fingerprint density at radius 1 is 1.13 bits per heavy atom. The van der Waals surface area contributed by atoms with E-state index in [1.165, 1.54) is 18.3 Å². The number of non-ortho nitro benzene ring substituents is 1. The standard InChI is InChI=1S/C22H18BrClN2O5/c1-29-21-11-16(12-25-31-13-15-5-4-7-18(9-15)26(27)28)10-19(23)22(21)30-14-17-6-2-3-8-20(17)24/h2-12H,13-14H2,1H3/b25-12+. The fourth-order valence-corrected chi connectivity index (χ4v) is 3.45. The van der Waals surface area contributed by atoms with Gasteiger partial charge in [-0.25, -0.2) is 0 Å². The van der Waals surface area contributed by atoms with Crippen LogP contribution in [0.2, 0.25) is 5.02 Å². The van der Waals surface area contributed by atoms with Crippen LogP contribution in [0.15, 0.2) is 70.3 Å². The van der Waals surface area contributed by atoms with Crippen molar-refractivity contribution in [2.75, 3.05) is 7.11 Å². The van der Waals surface area contributed by atoms with Crippen LogP contribution in [0.5, 0.6) is 11.5 Å². The molecule has 0 bridgehead atoms. The number of oxime groups is 1. The van der Waals surface area contributed by atoms with Crippen LogP contribution in [0.25, 0.3) is 0 Å². The summed E-state index contributed by atoms with van der Waals surface area (Å²) >= 11 is 9.67. The quantitative estimate of drug-likeness (QED) is 0.198. The minimum absolute atomic E-state index is 0.00567. The van der Waals surface area contributed by atoms with Gasteiger partial charge in [0.25, 0.3) is 5.69 Å². The Morgan fingerprint density at radius 2 is 1.94 bits per heavy atom. The fourth-order valence-electron chi connectivity index (χ4n) is 2.69. The average molecular weight is 506 g/mol. The molecule has 0 aliphatic heterocycles. The van der Waals surface area contributed by atoms with E-state index >= 15 is 0 Å². The van der Waals surface area contributed by atoms with Gasteiger partial charge in [-0.15, -0.1) is 0 Å². The average Bonchev–Trinajstić information content (AvgIpc) is 2.77. The first-order chi connectivity index (χ1) is 15.0. The molecular weight excluding hydrogens is 488 g/mol. The van der Waals surface area contributed by atoms with Crippen molar-refractivity contribution >= 4 is 39.4 Å². The van der Waals surface area contributed by atoms with E-state index in [4.69, 9.17) is 25.9 Å². The maximum Gasteiger partial charge on any atom is 0.269 e. The molecule has 0 atom stereocenters. The SMILES string of the molecule is COc1cc(/C=N/OCc2cccc([N+](=O)[O-])c2)cc(Br)c1OCc1ccccc1Cl. The first-order valence-electron chi connectivity index (χ1n) is 9.10. The molecule has 0 aliphatic rings. The van der Waals surface area contributed by atoms with E-state index < -0.39 is 4.92 Å². The molecule has 0 radical (unpaired) electrons. The van der Waals surface area contributed by atoms with Gasteiger partial charge in [0.2, 0.25) is 0 Å². The van der Waals surface area contributed by atoms with Crippen molar-refractivity contribution in [3.05, 3.63) is 97.0 Å². The normalized spacial score (nSPS) is 10.8. The summed E-state index contributed by atoms with van der Waals surface area (Å²) in [6, 6.07) is 17.2. The molecule has 7 nitrogen and oxygen atoms in total. The third kappa shape index (κ3) is 6.19. The highest BCUT2D eigenvalue weighted by molar-refractivity contribution is 9.10. The zero-order chi connectivity index (χ0) is 22.2. The number of benzene rings is 3. The smallest absolute Gasteiger partial charge is 0.269 e. The molecule has 0 spiro atoms. The van der Waals surface area contributed by atoms with Crippen molar-refractivity contribution in [3.8, 4) is 11.5 Å². The van der Waals surface area contributed by atoms with E-state index in [-0.39, 0.29) is 18.9 Å². The zero-order valence-corrected chi connectivity index (χ0v) is 18.8. The van der Waals surface area contributed by atoms with Gasteiger partial charge in [0, 0.05) is 28.3 Å². The van der Waals surface area contributed by atoms with Crippen LogP contribution in [0.4, 0.5) is 5.69 Å². The van der Waals surface area contributed by atoms with Crippen LogP contribution in [0, 0.1) is 10.1 Å². The number of ether oxygens (including phenoxy) is 2. The molecule has 3 aromatic carbocycles. The van der Waals surface area contributed by atoms with Crippen molar-refractivity contribution in [3.63, 3.8) is 0 Å². The van der Waals surface area contributed by atoms with Crippen LogP contribution < -0.4 is 9.47 Å². The van der Waals surface area contributed by atoms with Crippen LogP contribution in [0.3, 0.4) is 0 Å². The molecule has 0 aromatic heterocycles. The summed E-state index contributed by atoms with van der Waals surface area (Å²) in [5, 5.41) is 15.4. The molecular formula is C22H18BrClN2O5. The predicted octanol–water partition coefficient (Wildman–Crippen LogP) is 6.15. The second-order valence-corrected chi connectivity index (χ2v) is 7.61. The Balaban J connectivity index is 1.65. The minimum atomic E-state index is -0.452. The van der Waals surface area contributed by atoms with Crippen molar-refractivity contribution in [2.24, 2.45) is 5.16 Å². The van der Waals surface area contributed by atoms with E-state index in [9.17, 15) is 10.1 Å². The van der Waals surface area contributed by atoms with Crippen molar-refractivity contribution < 1.29 is 19.2 Å². The van der Waals surface area contributed by atoms with Gasteiger partial charge >= 0.3 is 0 Å². The Bertz CT molecular complexity index is 1110. The molecule has 0 fully saturated rings. The molecule has 0 saturated carbocycles. The summed E-state index contributed by atoms with van der Waals surface area (Å²) in [6.07, 6.45) is 1.52. The lowest BCUT2D eigenvalue weighted by atomic mass is 10.2. The summed E-state index contributed by atoms with van der Waals surface area (Å²) in [7, 11) is 1.55. The third-order valence-corrected chi connectivity index (χ3v) is 5.17. The monoisotopic (exact) mass is 504 g/mol. The number of halogens is 2. The highest BCUT2D eigenvalue weighted by Gasteiger charge is 2.12. The molecule has 31 heavy (non-hydrogen) atoms. The Kier molecular flexibility index (Phi) is 7.86. The molecule has 3 aromatic rings. The summed E-state index contributed by atoms with van der Waals surface area (Å²) in [5.74, 6) is 1.05. The van der Waals surface area contributed by atoms with Crippen LogP contribution in [-0.4, -0.2) is 18.2 Å². The summed E-state index contributed by atoms with van der Waals surface area (Å²) in [4.78, 5) is 15.6. The van der Waals surface area contributed by atoms with E-state index in [1.54, 1.807) is 31.4 Å². The summed E-state index contributed by atoms with van der Waals surface area (Å²) in [5.41, 5.74) is 2.23. The zero-order valence-electron chi connectivity index (χ0n) is 16.5. The fraction of sp³-hybridized carbons (Fsp3) is 0.136. The molecule has 0 aliphatic carbocycles. The molecule has 0 N–H and O–H groups in total. The van der Waals surface area contributed by atoms with Gasteiger partial charge in [0.15, 0.2) is 11.5 Å². The number of hydrogen-bond donors (Lipinski definition) is 0. The second-order valence-electron chi connectivity index (χ2n) is 6.35. The maximum atomic E-state index is 10.8. The van der Waals surface area contributed by atoms with Crippen molar-refractivity contribution in [1.29, 1.82) is 0 Å². The Labute approximate surface area is 192 Å². The molecule has 160 valence electrons. The molecule has 9 heteroatoms. The molecule has 0 unspecified atom stereocenters. The van der Waals surface area contributed by atoms with E-state index in [0.717, 1.165) is 5.56 Å². The van der Waals surface area contributed by atoms with E-state index in [2.05, 4.69) is 21.1 Å². The number of nitro groups is 1. The van der Waals surface area contributed by atoms with Gasteiger partial charge in [0.05, 0.1) is 22.7 Å². The predicted molar refractivity (Wildman–Crippen MR) is 122 cm³/mol. The lowest BCUT2D eigenvalue weighted by Crippen LogP contribution is -2.00. The first-order valence-corrected chi connectivity index (χ1v) is 10.3. The topological polar surface area (TPSA) is 83.2 Å². The molecule has 0 saturated heterocycles. The lowest BCUT2D eigenvalue weighted by Gasteiger charge is -2.14. The van der Waals surface area contributed by atoms with Crippen LogP contribution in [-0.2, 0) is 18.1 Å². The number of nitro benzene ring substituents is 1. The van der Waals surface area contributed by atoms with Crippen LogP contribution in [0.1, 0.15) is 16.7 Å². The van der Waals surface area contributed by atoms with Gasteiger partial charge in [-0.1, -0.05) is 47.1 Å². The maximum absolute atomic E-state index is 10.8. The molecule has 0 heterocycles. The van der Waals surface area contributed by atoms with Gasteiger partial charge in [-0.05, 0) is 39.7 Å². The van der Waals surface area contributed by atoms with Gasteiger partial charge in [-0.3, -0.25) is 10.1 Å². The Morgan fingerprint density at radius 3 is 2.68 bits per heavy atom. The molecule has 0 amide bonds. The van der Waals surface area contributed by atoms with Gasteiger partial charge < -0.3 is 14.3 Å². The molecule has 3 rings (SSSR count). The Hall–Kier alpha value is -3.10. The van der Waals surface area contributed by atoms with E-state index in [1.807, 2.05) is 24.3 Å². The highest BCUT2D eigenvalue weighted by atomic mass is 79.9. The van der Waals surface area contributed by atoms with Crippen molar-refractivity contribution in [2.45, 2.75) is 13.2 Å². The number of nitrogens with zero attached hydrogens (tertiary/aromatic N) is 2.